The summed E-state index contributed by atoms with van der Waals surface area (Å²) in [4.78, 5) is 11.3. The Bertz CT molecular complexity index is 259. The predicted octanol–water partition coefficient (Wildman–Crippen LogP) is 2.70. The van der Waals surface area contributed by atoms with E-state index in [0.717, 1.165) is 12.8 Å². The molecule has 0 bridgehead atoms. The third kappa shape index (κ3) is 4.79. The van der Waals surface area contributed by atoms with Gasteiger partial charge in [-0.15, -0.1) is 6.58 Å². The van der Waals surface area contributed by atoms with Crippen LogP contribution in [0.25, 0.3) is 0 Å². The number of rotatable bonds is 6. The molecule has 1 saturated carbocycles. The third-order valence-electron chi connectivity index (χ3n) is 2.59. The maximum atomic E-state index is 11.3. The van der Waals surface area contributed by atoms with Crippen molar-refractivity contribution in [2.24, 2.45) is 5.41 Å². The zero-order valence-corrected chi connectivity index (χ0v) is 10.5. The van der Waals surface area contributed by atoms with Gasteiger partial charge in [-0.05, 0) is 33.6 Å². The molecule has 1 fully saturated rings. The van der Waals surface area contributed by atoms with E-state index in [4.69, 9.17) is 9.47 Å². The Morgan fingerprint density at radius 3 is 2.50 bits per heavy atom. The molecule has 16 heavy (non-hydrogen) atoms. The fourth-order valence-electron chi connectivity index (χ4n) is 1.39. The number of ether oxygens (including phenoxy) is 2. The summed E-state index contributed by atoms with van der Waals surface area (Å²) in [7, 11) is 0. The van der Waals surface area contributed by atoms with Gasteiger partial charge in [-0.1, -0.05) is 6.08 Å². The molecule has 0 atom stereocenters. The van der Waals surface area contributed by atoms with Crippen LogP contribution < -0.4 is 0 Å². The fraction of sp³-hybridized carbons (Fsp3) is 0.769. The lowest BCUT2D eigenvalue weighted by molar-refractivity contribution is -0.156. The van der Waals surface area contributed by atoms with Crippen LogP contribution in [-0.4, -0.2) is 24.8 Å². The van der Waals surface area contributed by atoms with Gasteiger partial charge >= 0.3 is 5.97 Å². The van der Waals surface area contributed by atoms with Crippen LogP contribution >= 0.6 is 0 Å². The lowest BCUT2D eigenvalue weighted by Gasteiger charge is -2.19. The Morgan fingerprint density at radius 2 is 2.06 bits per heavy atom. The van der Waals surface area contributed by atoms with Crippen molar-refractivity contribution in [3.05, 3.63) is 12.7 Å². The Kier molecular flexibility index (Phi) is 4.14. The van der Waals surface area contributed by atoms with Gasteiger partial charge in [0.1, 0.15) is 5.60 Å². The molecular formula is C13H22O3. The maximum absolute atomic E-state index is 11.3. The quantitative estimate of drug-likeness (QED) is 0.397. The highest BCUT2D eigenvalue weighted by atomic mass is 16.6. The molecule has 1 aliphatic rings. The smallest absolute Gasteiger partial charge is 0.308 e. The van der Waals surface area contributed by atoms with Crippen molar-refractivity contribution < 1.29 is 14.3 Å². The van der Waals surface area contributed by atoms with Gasteiger partial charge in [-0.3, -0.25) is 4.79 Å². The zero-order chi connectivity index (χ0) is 12.2. The summed E-state index contributed by atoms with van der Waals surface area (Å²) in [6.07, 6.45) is 4.59. The second kappa shape index (κ2) is 5.00. The van der Waals surface area contributed by atoms with Crippen molar-refractivity contribution in [2.75, 3.05) is 13.2 Å². The highest BCUT2D eigenvalue weighted by molar-refractivity contribution is 5.69. The third-order valence-corrected chi connectivity index (χ3v) is 2.59. The Morgan fingerprint density at radius 1 is 1.44 bits per heavy atom. The summed E-state index contributed by atoms with van der Waals surface area (Å²) in [6.45, 7) is 10.5. The van der Waals surface area contributed by atoms with Crippen LogP contribution in [0.4, 0.5) is 0 Å². The number of hydrogen-bond acceptors (Lipinski definition) is 3. The first-order chi connectivity index (χ1) is 7.37. The van der Waals surface area contributed by atoms with Crippen LogP contribution in [-0.2, 0) is 14.3 Å². The van der Waals surface area contributed by atoms with Crippen molar-refractivity contribution in [3.63, 3.8) is 0 Å². The molecule has 3 nitrogen and oxygen atoms in total. The molecule has 0 aromatic rings. The number of carbonyl (C=O) groups is 1. The van der Waals surface area contributed by atoms with Gasteiger partial charge in [0, 0.05) is 5.41 Å². The summed E-state index contributed by atoms with van der Waals surface area (Å²) in [5, 5.41) is 0. The normalized spacial score (nSPS) is 17.9. The minimum Gasteiger partial charge on any atom is -0.460 e. The largest absolute Gasteiger partial charge is 0.460 e. The van der Waals surface area contributed by atoms with E-state index in [1.165, 1.54) is 0 Å². The van der Waals surface area contributed by atoms with Gasteiger partial charge in [-0.2, -0.15) is 0 Å². The SMILES string of the molecule is C=CC1(COCCC(=O)OC(C)(C)C)CC1. The molecule has 0 spiro atoms. The second-order valence-corrected chi connectivity index (χ2v) is 5.46. The standard InChI is InChI=1S/C13H22O3/c1-5-13(7-8-13)10-15-9-6-11(14)16-12(2,3)4/h5H,1,6-10H2,2-4H3. The summed E-state index contributed by atoms with van der Waals surface area (Å²) in [6, 6.07) is 0. The molecule has 0 heterocycles. The highest BCUT2D eigenvalue weighted by Gasteiger charge is 2.39. The fourth-order valence-corrected chi connectivity index (χ4v) is 1.39. The van der Waals surface area contributed by atoms with E-state index in [1.54, 1.807) is 0 Å². The first-order valence-electron chi connectivity index (χ1n) is 5.80. The van der Waals surface area contributed by atoms with Gasteiger partial charge < -0.3 is 9.47 Å². The van der Waals surface area contributed by atoms with Crippen LogP contribution in [0.3, 0.4) is 0 Å². The molecule has 0 aromatic heterocycles. The average Bonchev–Trinajstić information content (AvgIpc) is 2.90. The Labute approximate surface area is 97.8 Å². The molecule has 0 unspecified atom stereocenters. The van der Waals surface area contributed by atoms with Gasteiger partial charge in [0.05, 0.1) is 19.6 Å². The van der Waals surface area contributed by atoms with E-state index < -0.39 is 5.60 Å². The van der Waals surface area contributed by atoms with Crippen LogP contribution in [0, 0.1) is 5.41 Å². The lowest BCUT2D eigenvalue weighted by Crippen LogP contribution is -2.24. The predicted molar refractivity (Wildman–Crippen MR) is 63.1 cm³/mol. The first-order valence-corrected chi connectivity index (χ1v) is 5.80. The van der Waals surface area contributed by atoms with E-state index in [9.17, 15) is 4.79 Å². The molecule has 3 heteroatoms. The first kappa shape index (κ1) is 13.2. The van der Waals surface area contributed by atoms with Gasteiger partial charge in [0.2, 0.25) is 0 Å². The monoisotopic (exact) mass is 226 g/mol. The minimum absolute atomic E-state index is 0.198. The zero-order valence-electron chi connectivity index (χ0n) is 10.5. The van der Waals surface area contributed by atoms with Crippen molar-refractivity contribution in [1.29, 1.82) is 0 Å². The summed E-state index contributed by atoms with van der Waals surface area (Å²) in [5.41, 5.74) is -0.205. The van der Waals surface area contributed by atoms with Crippen LogP contribution in [0.2, 0.25) is 0 Å². The molecule has 1 rings (SSSR count). The molecule has 0 aliphatic heterocycles. The lowest BCUT2D eigenvalue weighted by atomic mass is 10.1. The van der Waals surface area contributed by atoms with Crippen LogP contribution in [0.5, 0.6) is 0 Å². The molecule has 0 aromatic carbocycles. The minimum atomic E-state index is -0.407. The number of carbonyl (C=O) groups excluding carboxylic acids is 1. The summed E-state index contributed by atoms with van der Waals surface area (Å²) >= 11 is 0. The molecule has 0 radical (unpaired) electrons. The molecule has 1 aliphatic carbocycles. The average molecular weight is 226 g/mol. The summed E-state index contributed by atoms with van der Waals surface area (Å²) in [5.74, 6) is -0.198. The molecular weight excluding hydrogens is 204 g/mol. The van der Waals surface area contributed by atoms with Crippen molar-refractivity contribution in [3.8, 4) is 0 Å². The van der Waals surface area contributed by atoms with E-state index in [1.807, 2.05) is 26.8 Å². The molecule has 0 N–H and O–H groups in total. The van der Waals surface area contributed by atoms with E-state index in [-0.39, 0.29) is 11.4 Å². The topological polar surface area (TPSA) is 35.5 Å². The molecule has 0 saturated heterocycles. The van der Waals surface area contributed by atoms with Crippen LogP contribution in [0.15, 0.2) is 12.7 Å². The molecule has 0 amide bonds. The van der Waals surface area contributed by atoms with Crippen molar-refractivity contribution in [2.45, 2.75) is 45.6 Å². The van der Waals surface area contributed by atoms with Crippen LogP contribution in [0.1, 0.15) is 40.0 Å². The van der Waals surface area contributed by atoms with Gasteiger partial charge in [0.15, 0.2) is 0 Å². The Hall–Kier alpha value is -0.830. The van der Waals surface area contributed by atoms with E-state index >= 15 is 0 Å². The van der Waals surface area contributed by atoms with Gasteiger partial charge in [0.25, 0.3) is 0 Å². The van der Waals surface area contributed by atoms with Crippen molar-refractivity contribution >= 4 is 5.97 Å². The van der Waals surface area contributed by atoms with E-state index in [2.05, 4.69) is 6.58 Å². The molecule has 92 valence electrons. The number of esters is 1. The van der Waals surface area contributed by atoms with Crippen molar-refractivity contribution in [1.82, 2.24) is 0 Å². The Balaban J connectivity index is 2.07. The van der Waals surface area contributed by atoms with Gasteiger partial charge in [-0.25, -0.2) is 0 Å². The highest BCUT2D eigenvalue weighted by Crippen LogP contribution is 2.46. The second-order valence-electron chi connectivity index (χ2n) is 5.46. The maximum Gasteiger partial charge on any atom is 0.308 e. The number of hydrogen-bond donors (Lipinski definition) is 0. The van der Waals surface area contributed by atoms with E-state index in [0.29, 0.717) is 19.6 Å². The summed E-state index contributed by atoms with van der Waals surface area (Å²) < 4.78 is 10.6.